The lowest BCUT2D eigenvalue weighted by Gasteiger charge is -2.22. The third-order valence-corrected chi connectivity index (χ3v) is 3.55. The van der Waals surface area contributed by atoms with E-state index >= 15 is 0 Å². The van der Waals surface area contributed by atoms with Crippen LogP contribution >= 0.6 is 11.6 Å². The predicted molar refractivity (Wildman–Crippen MR) is 81.0 cm³/mol. The molecular weight excluding hydrogens is 272 g/mol. The van der Waals surface area contributed by atoms with E-state index in [0.717, 1.165) is 11.1 Å². The summed E-state index contributed by atoms with van der Waals surface area (Å²) in [6.07, 6.45) is 0. The Balaban J connectivity index is 2.37. The van der Waals surface area contributed by atoms with Gasteiger partial charge in [-0.25, -0.2) is 0 Å². The molecule has 20 heavy (non-hydrogen) atoms. The zero-order valence-electron chi connectivity index (χ0n) is 11.3. The van der Waals surface area contributed by atoms with Crippen LogP contribution in [0.5, 0.6) is 0 Å². The van der Waals surface area contributed by atoms with Crippen molar-refractivity contribution in [3.63, 3.8) is 0 Å². The summed E-state index contributed by atoms with van der Waals surface area (Å²) >= 11 is 6.37. The molecule has 104 valence electrons. The topological polar surface area (TPSA) is 26.3 Å². The van der Waals surface area contributed by atoms with Crippen molar-refractivity contribution in [2.75, 3.05) is 6.61 Å². The molecule has 0 unspecified atom stereocenters. The van der Waals surface area contributed by atoms with Crippen LogP contribution in [0.2, 0.25) is 0 Å². The molecule has 0 aliphatic heterocycles. The Morgan fingerprint density at radius 1 is 1.00 bits per heavy atom. The minimum absolute atomic E-state index is 0.210. The van der Waals surface area contributed by atoms with Gasteiger partial charge in [0.15, 0.2) is 0 Å². The van der Waals surface area contributed by atoms with Crippen LogP contribution < -0.4 is 0 Å². The van der Waals surface area contributed by atoms with E-state index in [0.29, 0.717) is 6.61 Å². The van der Waals surface area contributed by atoms with Gasteiger partial charge < -0.3 is 4.74 Å². The summed E-state index contributed by atoms with van der Waals surface area (Å²) in [5.74, 6) is -0.593. The minimum atomic E-state index is -0.736. The number of carbonyl (C=O) groups excluding carboxylic acids is 1. The van der Waals surface area contributed by atoms with Crippen molar-refractivity contribution >= 4 is 17.6 Å². The van der Waals surface area contributed by atoms with E-state index in [2.05, 4.69) is 0 Å². The number of benzene rings is 2. The molecule has 0 saturated heterocycles. The zero-order valence-corrected chi connectivity index (χ0v) is 12.1. The monoisotopic (exact) mass is 288 g/mol. The summed E-state index contributed by atoms with van der Waals surface area (Å²) in [5.41, 5.74) is 2.01. The molecule has 2 nitrogen and oxygen atoms in total. The highest BCUT2D eigenvalue weighted by atomic mass is 35.5. The molecule has 3 heteroatoms. The number of carbonyl (C=O) groups is 1. The van der Waals surface area contributed by atoms with Gasteiger partial charge in [0.2, 0.25) is 0 Å². The Morgan fingerprint density at radius 3 is 1.85 bits per heavy atom. The maximum Gasteiger partial charge on any atom is 0.325 e. The quantitative estimate of drug-likeness (QED) is 0.614. The molecule has 0 aliphatic rings. The lowest BCUT2D eigenvalue weighted by atomic mass is 9.88. The van der Waals surface area contributed by atoms with Gasteiger partial charge >= 0.3 is 5.97 Å². The SMILES string of the molecule is CCOC(=O)[C@@H](Cl)C(c1ccccc1)c1ccccc1. The smallest absolute Gasteiger partial charge is 0.325 e. The van der Waals surface area contributed by atoms with Gasteiger partial charge in [-0.15, -0.1) is 11.6 Å². The van der Waals surface area contributed by atoms with Crippen molar-refractivity contribution in [2.45, 2.75) is 18.2 Å². The minimum Gasteiger partial charge on any atom is -0.465 e. The first-order valence-corrected chi connectivity index (χ1v) is 7.08. The lowest BCUT2D eigenvalue weighted by Crippen LogP contribution is -2.26. The van der Waals surface area contributed by atoms with E-state index in [4.69, 9.17) is 16.3 Å². The molecule has 0 heterocycles. The van der Waals surface area contributed by atoms with E-state index in [1.807, 2.05) is 60.7 Å². The second-order valence-electron chi connectivity index (χ2n) is 4.45. The normalized spacial score (nSPS) is 12.2. The van der Waals surface area contributed by atoms with Gasteiger partial charge in [-0.1, -0.05) is 60.7 Å². The molecule has 2 aromatic rings. The highest BCUT2D eigenvalue weighted by molar-refractivity contribution is 6.30. The molecule has 0 spiro atoms. The molecule has 0 aromatic heterocycles. The van der Waals surface area contributed by atoms with Crippen molar-refractivity contribution in [1.82, 2.24) is 0 Å². The summed E-state index contributed by atoms with van der Waals surface area (Å²) < 4.78 is 5.06. The summed E-state index contributed by atoms with van der Waals surface area (Å²) in [7, 11) is 0. The molecule has 2 rings (SSSR count). The number of hydrogen-bond donors (Lipinski definition) is 0. The number of alkyl halides is 1. The van der Waals surface area contributed by atoms with E-state index in [1.165, 1.54) is 0 Å². The number of ether oxygens (including phenoxy) is 1. The van der Waals surface area contributed by atoms with E-state index in [-0.39, 0.29) is 11.9 Å². The number of esters is 1. The Labute approximate surface area is 124 Å². The van der Waals surface area contributed by atoms with Crippen molar-refractivity contribution in [2.24, 2.45) is 0 Å². The van der Waals surface area contributed by atoms with Crippen LogP contribution in [-0.4, -0.2) is 18.0 Å². The van der Waals surface area contributed by atoms with Gasteiger partial charge in [-0.3, -0.25) is 4.79 Å². The number of hydrogen-bond acceptors (Lipinski definition) is 2. The predicted octanol–water partition coefficient (Wildman–Crippen LogP) is 3.99. The van der Waals surface area contributed by atoms with Crippen molar-refractivity contribution in [3.8, 4) is 0 Å². The first-order valence-electron chi connectivity index (χ1n) is 6.64. The maximum atomic E-state index is 12.0. The molecule has 1 atom stereocenters. The number of rotatable bonds is 5. The van der Waals surface area contributed by atoms with Crippen LogP contribution in [0.3, 0.4) is 0 Å². The molecule has 0 bridgehead atoms. The van der Waals surface area contributed by atoms with E-state index in [9.17, 15) is 4.79 Å². The third kappa shape index (κ3) is 3.40. The Hall–Kier alpha value is -1.80. The standard InChI is InChI=1S/C17H17ClO2/c1-2-20-17(19)16(18)15(13-9-5-3-6-10-13)14-11-7-4-8-12-14/h3-12,15-16H,2H2,1H3/t16-/m0/s1. The number of halogens is 1. The fourth-order valence-corrected chi connectivity index (χ4v) is 2.56. The summed E-state index contributed by atoms with van der Waals surface area (Å²) in [6.45, 7) is 2.11. The van der Waals surface area contributed by atoms with Crippen LogP contribution in [0, 0.1) is 0 Å². The Morgan fingerprint density at radius 2 is 1.45 bits per heavy atom. The third-order valence-electron chi connectivity index (χ3n) is 3.12. The second-order valence-corrected chi connectivity index (χ2v) is 4.92. The van der Waals surface area contributed by atoms with Crippen LogP contribution in [0.1, 0.15) is 24.0 Å². The fraction of sp³-hybridized carbons (Fsp3) is 0.235. The van der Waals surface area contributed by atoms with Crippen molar-refractivity contribution < 1.29 is 9.53 Å². The lowest BCUT2D eigenvalue weighted by molar-refractivity contribution is -0.142. The molecule has 0 amide bonds. The summed E-state index contributed by atoms with van der Waals surface area (Å²) in [4.78, 5) is 12.0. The van der Waals surface area contributed by atoms with E-state index in [1.54, 1.807) is 6.92 Å². The second kappa shape index (κ2) is 7.11. The van der Waals surface area contributed by atoms with Gasteiger partial charge in [0.25, 0.3) is 0 Å². The molecule has 0 radical (unpaired) electrons. The summed E-state index contributed by atoms with van der Waals surface area (Å²) in [5, 5.41) is -0.736. The summed E-state index contributed by atoms with van der Waals surface area (Å²) in [6, 6.07) is 19.6. The Kier molecular flexibility index (Phi) is 5.19. The van der Waals surface area contributed by atoms with Gasteiger partial charge in [0, 0.05) is 5.92 Å². The molecule has 0 N–H and O–H groups in total. The average Bonchev–Trinajstić information content (AvgIpc) is 2.50. The Bertz CT molecular complexity index is 500. The average molecular weight is 289 g/mol. The van der Waals surface area contributed by atoms with Gasteiger partial charge in [0.1, 0.15) is 5.38 Å². The van der Waals surface area contributed by atoms with Crippen molar-refractivity contribution in [3.05, 3.63) is 71.8 Å². The molecule has 0 saturated carbocycles. The molecule has 0 fully saturated rings. The maximum absolute atomic E-state index is 12.0. The first-order chi connectivity index (χ1) is 9.74. The largest absolute Gasteiger partial charge is 0.465 e. The van der Waals surface area contributed by atoms with Gasteiger partial charge in [-0.2, -0.15) is 0 Å². The van der Waals surface area contributed by atoms with Gasteiger partial charge in [0.05, 0.1) is 6.61 Å². The van der Waals surface area contributed by atoms with Crippen molar-refractivity contribution in [1.29, 1.82) is 0 Å². The highest BCUT2D eigenvalue weighted by Crippen LogP contribution is 2.31. The zero-order chi connectivity index (χ0) is 14.4. The molecule has 2 aromatic carbocycles. The first kappa shape index (κ1) is 14.6. The van der Waals surface area contributed by atoms with Crippen LogP contribution in [-0.2, 0) is 9.53 Å². The van der Waals surface area contributed by atoms with Gasteiger partial charge in [-0.05, 0) is 18.1 Å². The molecular formula is C17H17ClO2. The van der Waals surface area contributed by atoms with E-state index < -0.39 is 5.38 Å². The fourth-order valence-electron chi connectivity index (χ4n) is 2.21. The molecule has 0 aliphatic carbocycles. The van der Waals surface area contributed by atoms with Crippen LogP contribution in [0.25, 0.3) is 0 Å². The van der Waals surface area contributed by atoms with Crippen LogP contribution in [0.4, 0.5) is 0 Å². The highest BCUT2D eigenvalue weighted by Gasteiger charge is 2.30. The van der Waals surface area contributed by atoms with Crippen LogP contribution in [0.15, 0.2) is 60.7 Å².